The van der Waals surface area contributed by atoms with Crippen LogP contribution in [0.4, 0.5) is 17.6 Å². The molecule has 0 N–H and O–H groups in total. The van der Waals surface area contributed by atoms with Gasteiger partial charge in [-0.25, -0.2) is 17.6 Å². The lowest BCUT2D eigenvalue weighted by Gasteiger charge is -2.04. The van der Waals surface area contributed by atoms with Gasteiger partial charge in [0.15, 0.2) is 29.1 Å². The van der Waals surface area contributed by atoms with Crippen molar-refractivity contribution in [2.75, 3.05) is 0 Å². The minimum atomic E-state index is -1.79. The smallest absolute Gasteiger partial charge is 0.176 e. The molecule has 0 atom stereocenters. The maximum atomic E-state index is 13.0. The van der Waals surface area contributed by atoms with Gasteiger partial charge in [0.1, 0.15) is 5.78 Å². The zero-order valence-corrected chi connectivity index (χ0v) is 8.11. The van der Waals surface area contributed by atoms with Crippen molar-refractivity contribution >= 4 is 11.6 Å². The fraction of sp³-hybridized carbons (Fsp3) is 0.200. The number of carbonyl (C=O) groups excluding carboxylic acids is 2. The Kier molecular flexibility index (Phi) is 3.41. The van der Waals surface area contributed by atoms with Crippen molar-refractivity contribution in [1.82, 2.24) is 0 Å². The van der Waals surface area contributed by atoms with Crippen LogP contribution in [-0.2, 0) is 4.79 Å². The van der Waals surface area contributed by atoms with Crippen molar-refractivity contribution in [2.24, 2.45) is 0 Å². The molecule has 1 aromatic rings. The van der Waals surface area contributed by atoms with Crippen molar-refractivity contribution in [3.63, 3.8) is 0 Å². The van der Waals surface area contributed by atoms with Gasteiger partial charge in [-0.2, -0.15) is 0 Å². The molecule has 2 nitrogen and oxygen atoms in total. The van der Waals surface area contributed by atoms with E-state index < -0.39 is 46.8 Å². The molecule has 0 aliphatic carbocycles. The molecule has 0 heterocycles. The van der Waals surface area contributed by atoms with Crippen LogP contribution in [0, 0.1) is 23.3 Å². The van der Waals surface area contributed by atoms with Gasteiger partial charge in [-0.05, 0) is 6.92 Å². The molecule has 0 saturated carbocycles. The van der Waals surface area contributed by atoms with Gasteiger partial charge in [0.05, 0.1) is 12.0 Å². The average Bonchev–Trinajstić information content (AvgIpc) is 2.14. The SMILES string of the molecule is CC(=O)CC(=O)c1c(F)c(F)cc(F)c1F. The summed E-state index contributed by atoms with van der Waals surface area (Å²) in [6, 6.07) is -0.00475. The van der Waals surface area contributed by atoms with Crippen LogP contribution in [0.25, 0.3) is 0 Å². The molecule has 0 aromatic heterocycles. The molecular formula is C10H6F4O2. The van der Waals surface area contributed by atoms with E-state index in [0.717, 1.165) is 6.92 Å². The number of Topliss-reactive ketones (excluding diaryl/α,β-unsaturated/α-hetero) is 2. The van der Waals surface area contributed by atoms with E-state index in [1.165, 1.54) is 0 Å². The Balaban J connectivity index is 3.32. The largest absolute Gasteiger partial charge is 0.300 e. The second kappa shape index (κ2) is 4.42. The summed E-state index contributed by atoms with van der Waals surface area (Å²) in [6.07, 6.45) is -0.809. The monoisotopic (exact) mass is 234 g/mol. The van der Waals surface area contributed by atoms with E-state index in [9.17, 15) is 27.2 Å². The summed E-state index contributed by atoms with van der Waals surface area (Å²) < 4.78 is 51.5. The van der Waals surface area contributed by atoms with Crippen LogP contribution in [-0.4, -0.2) is 11.6 Å². The van der Waals surface area contributed by atoms with E-state index in [2.05, 4.69) is 0 Å². The van der Waals surface area contributed by atoms with Crippen LogP contribution in [0.1, 0.15) is 23.7 Å². The summed E-state index contributed by atoms with van der Waals surface area (Å²) >= 11 is 0. The number of ketones is 2. The Morgan fingerprint density at radius 2 is 1.50 bits per heavy atom. The minimum absolute atomic E-state index is 0.00475. The van der Waals surface area contributed by atoms with Crippen LogP contribution in [0.5, 0.6) is 0 Å². The zero-order chi connectivity index (χ0) is 12.5. The van der Waals surface area contributed by atoms with Crippen LogP contribution >= 0.6 is 0 Å². The van der Waals surface area contributed by atoms with E-state index in [-0.39, 0.29) is 6.07 Å². The number of benzene rings is 1. The lowest BCUT2D eigenvalue weighted by molar-refractivity contribution is -0.116. The Morgan fingerprint density at radius 3 is 1.88 bits per heavy atom. The van der Waals surface area contributed by atoms with E-state index in [0.29, 0.717) is 0 Å². The maximum Gasteiger partial charge on any atom is 0.176 e. The van der Waals surface area contributed by atoms with Crippen LogP contribution < -0.4 is 0 Å². The first-order valence-electron chi connectivity index (χ1n) is 4.20. The van der Waals surface area contributed by atoms with E-state index in [1.807, 2.05) is 0 Å². The molecule has 0 aliphatic rings. The first-order valence-corrected chi connectivity index (χ1v) is 4.20. The number of hydrogen-bond donors (Lipinski definition) is 0. The number of halogens is 4. The van der Waals surface area contributed by atoms with Gasteiger partial charge in [-0.3, -0.25) is 9.59 Å². The second-order valence-corrected chi connectivity index (χ2v) is 3.15. The highest BCUT2D eigenvalue weighted by Gasteiger charge is 2.25. The third-order valence-corrected chi connectivity index (χ3v) is 1.80. The summed E-state index contributed by atoms with van der Waals surface area (Å²) in [5.41, 5.74) is -1.35. The van der Waals surface area contributed by atoms with Crippen LogP contribution in [0.2, 0.25) is 0 Å². The van der Waals surface area contributed by atoms with Crippen molar-refractivity contribution in [3.8, 4) is 0 Å². The highest BCUT2D eigenvalue weighted by atomic mass is 19.2. The van der Waals surface area contributed by atoms with Crippen LogP contribution in [0.3, 0.4) is 0 Å². The molecule has 0 amide bonds. The Labute approximate surface area is 87.9 Å². The summed E-state index contributed by atoms with van der Waals surface area (Å²) in [6.45, 7) is 1.02. The van der Waals surface area contributed by atoms with Crippen molar-refractivity contribution in [2.45, 2.75) is 13.3 Å². The summed E-state index contributed by atoms with van der Waals surface area (Å²) in [5.74, 6) is -8.87. The van der Waals surface area contributed by atoms with Gasteiger partial charge in [0, 0.05) is 6.07 Å². The minimum Gasteiger partial charge on any atom is -0.300 e. The van der Waals surface area contributed by atoms with E-state index in [1.54, 1.807) is 0 Å². The average molecular weight is 234 g/mol. The molecule has 6 heteroatoms. The fourth-order valence-corrected chi connectivity index (χ4v) is 1.13. The van der Waals surface area contributed by atoms with Gasteiger partial charge in [0.25, 0.3) is 0 Å². The molecule has 0 saturated heterocycles. The summed E-state index contributed by atoms with van der Waals surface area (Å²) in [5, 5.41) is 0. The Morgan fingerprint density at radius 1 is 1.06 bits per heavy atom. The molecule has 0 fully saturated rings. The number of rotatable bonds is 3. The quantitative estimate of drug-likeness (QED) is 0.348. The van der Waals surface area contributed by atoms with Crippen molar-refractivity contribution in [3.05, 3.63) is 34.9 Å². The van der Waals surface area contributed by atoms with E-state index in [4.69, 9.17) is 0 Å². The molecular weight excluding hydrogens is 228 g/mol. The lowest BCUT2D eigenvalue weighted by Crippen LogP contribution is -2.12. The topological polar surface area (TPSA) is 34.1 Å². The summed E-state index contributed by atoms with van der Waals surface area (Å²) in [4.78, 5) is 21.7. The fourth-order valence-electron chi connectivity index (χ4n) is 1.13. The third kappa shape index (κ3) is 2.26. The summed E-state index contributed by atoms with van der Waals surface area (Å²) in [7, 11) is 0. The van der Waals surface area contributed by atoms with Gasteiger partial charge < -0.3 is 0 Å². The van der Waals surface area contributed by atoms with E-state index >= 15 is 0 Å². The molecule has 16 heavy (non-hydrogen) atoms. The third-order valence-electron chi connectivity index (χ3n) is 1.80. The highest BCUT2D eigenvalue weighted by Crippen LogP contribution is 2.20. The molecule has 1 rings (SSSR count). The first kappa shape index (κ1) is 12.4. The number of carbonyl (C=O) groups is 2. The van der Waals surface area contributed by atoms with Crippen LogP contribution in [0.15, 0.2) is 6.07 Å². The lowest BCUT2D eigenvalue weighted by atomic mass is 10.0. The van der Waals surface area contributed by atoms with Gasteiger partial charge in [-0.15, -0.1) is 0 Å². The zero-order valence-electron chi connectivity index (χ0n) is 8.11. The Hall–Kier alpha value is -1.72. The number of hydrogen-bond acceptors (Lipinski definition) is 2. The normalized spacial score (nSPS) is 10.3. The molecule has 0 bridgehead atoms. The predicted octanol–water partition coefficient (Wildman–Crippen LogP) is 2.40. The van der Waals surface area contributed by atoms with Gasteiger partial charge in [0.2, 0.25) is 0 Å². The first-order chi connectivity index (χ1) is 7.34. The highest BCUT2D eigenvalue weighted by molar-refractivity contribution is 6.07. The standard InChI is InChI=1S/C10H6F4O2/c1-4(15)2-7(16)8-9(13)5(11)3-6(12)10(8)14/h3H,2H2,1H3. The molecule has 86 valence electrons. The second-order valence-electron chi connectivity index (χ2n) is 3.15. The Bertz CT molecular complexity index is 442. The molecule has 0 radical (unpaired) electrons. The van der Waals surface area contributed by atoms with Gasteiger partial charge >= 0.3 is 0 Å². The molecule has 1 aromatic carbocycles. The van der Waals surface area contributed by atoms with Gasteiger partial charge in [-0.1, -0.05) is 0 Å². The molecule has 0 spiro atoms. The van der Waals surface area contributed by atoms with Crippen molar-refractivity contribution < 1.29 is 27.2 Å². The molecule has 0 unspecified atom stereocenters. The molecule has 0 aliphatic heterocycles. The maximum absolute atomic E-state index is 13.0. The van der Waals surface area contributed by atoms with Crippen molar-refractivity contribution in [1.29, 1.82) is 0 Å². The predicted molar refractivity (Wildman–Crippen MR) is 45.9 cm³/mol.